The van der Waals surface area contributed by atoms with Crippen molar-refractivity contribution in [1.29, 1.82) is 0 Å². The highest BCUT2D eigenvalue weighted by molar-refractivity contribution is 5.80. The molecule has 9 nitrogen and oxygen atoms in total. The number of nitrogens with one attached hydrogen (secondary N) is 2. The molecular weight excluding hydrogens is 348 g/mol. The van der Waals surface area contributed by atoms with Crippen LogP contribution in [-0.2, 0) is 9.59 Å². The molecule has 0 spiro atoms. The lowest BCUT2D eigenvalue weighted by molar-refractivity contribution is -0.154. The fourth-order valence-electron chi connectivity index (χ4n) is 2.53. The summed E-state index contributed by atoms with van der Waals surface area (Å²) >= 11 is 0. The van der Waals surface area contributed by atoms with Crippen molar-refractivity contribution in [2.75, 3.05) is 12.0 Å². The Morgan fingerprint density at radius 3 is 2.89 bits per heavy atom. The SMILES string of the molecule is CCCCC[C@H](CN(O)C=O)C(=O)NNc1nccc(-c2cccnc2)n1. The van der Waals surface area contributed by atoms with E-state index in [1.165, 1.54) is 0 Å². The molecule has 2 amide bonds. The summed E-state index contributed by atoms with van der Waals surface area (Å²) in [5.74, 6) is -0.656. The molecule has 1 atom stereocenters. The van der Waals surface area contributed by atoms with Gasteiger partial charge in [0.2, 0.25) is 18.3 Å². The van der Waals surface area contributed by atoms with Crippen LogP contribution in [0.1, 0.15) is 32.6 Å². The van der Waals surface area contributed by atoms with Crippen molar-refractivity contribution in [3.05, 3.63) is 36.8 Å². The minimum atomic E-state index is -0.541. The van der Waals surface area contributed by atoms with Gasteiger partial charge >= 0.3 is 0 Å². The number of carbonyl (C=O) groups is 2. The zero-order valence-electron chi connectivity index (χ0n) is 15.2. The summed E-state index contributed by atoms with van der Waals surface area (Å²) in [7, 11) is 0. The number of pyridine rings is 1. The number of unbranched alkanes of at least 4 members (excludes halogenated alkanes) is 2. The predicted octanol–water partition coefficient (Wildman–Crippen LogP) is 2.03. The zero-order valence-corrected chi connectivity index (χ0v) is 15.2. The van der Waals surface area contributed by atoms with Gasteiger partial charge in [-0.05, 0) is 24.6 Å². The number of hydrogen-bond acceptors (Lipinski definition) is 7. The number of rotatable bonds is 11. The molecule has 2 aromatic rings. The van der Waals surface area contributed by atoms with Gasteiger partial charge in [-0.15, -0.1) is 0 Å². The van der Waals surface area contributed by atoms with E-state index in [9.17, 15) is 14.8 Å². The van der Waals surface area contributed by atoms with Crippen LogP contribution in [0.2, 0.25) is 0 Å². The van der Waals surface area contributed by atoms with Crippen molar-refractivity contribution in [3.8, 4) is 11.3 Å². The molecule has 27 heavy (non-hydrogen) atoms. The molecule has 0 bridgehead atoms. The van der Waals surface area contributed by atoms with E-state index in [2.05, 4.69) is 32.7 Å². The third-order valence-corrected chi connectivity index (χ3v) is 3.97. The van der Waals surface area contributed by atoms with Gasteiger partial charge in [0.15, 0.2) is 0 Å². The van der Waals surface area contributed by atoms with Gasteiger partial charge in [-0.3, -0.25) is 30.6 Å². The standard InChI is InChI=1S/C18H24N6O3/c1-2-3-4-6-15(12-24(27)13-25)17(26)22-23-18-20-10-8-16(21-18)14-7-5-9-19-11-14/h5,7-11,13,15,27H,2-4,6,12H2,1H3,(H,22,26)(H,20,21,23)/t15-/m1/s1. The number of nitrogens with zero attached hydrogens (tertiary/aromatic N) is 4. The van der Waals surface area contributed by atoms with Gasteiger partial charge in [-0.1, -0.05) is 26.2 Å². The lowest BCUT2D eigenvalue weighted by atomic mass is 10.0. The summed E-state index contributed by atoms with van der Waals surface area (Å²) in [6.45, 7) is 1.99. The smallest absolute Gasteiger partial charge is 0.243 e. The molecule has 0 aliphatic heterocycles. The second-order valence-corrected chi connectivity index (χ2v) is 6.04. The van der Waals surface area contributed by atoms with E-state index in [0.717, 1.165) is 24.8 Å². The van der Waals surface area contributed by atoms with Gasteiger partial charge in [0, 0.05) is 24.2 Å². The number of hydrogen-bond donors (Lipinski definition) is 3. The van der Waals surface area contributed by atoms with Gasteiger partial charge in [0.1, 0.15) is 0 Å². The molecule has 0 fully saturated rings. The third-order valence-electron chi connectivity index (χ3n) is 3.97. The van der Waals surface area contributed by atoms with Gasteiger partial charge in [-0.2, -0.15) is 0 Å². The maximum Gasteiger partial charge on any atom is 0.243 e. The molecule has 2 heterocycles. The van der Waals surface area contributed by atoms with E-state index in [1.54, 1.807) is 30.7 Å². The van der Waals surface area contributed by atoms with Crippen LogP contribution in [0.5, 0.6) is 0 Å². The lowest BCUT2D eigenvalue weighted by Crippen LogP contribution is -2.40. The Labute approximate surface area is 157 Å². The molecule has 144 valence electrons. The fraction of sp³-hybridized carbons (Fsp3) is 0.389. The fourth-order valence-corrected chi connectivity index (χ4v) is 2.53. The Bertz CT molecular complexity index is 728. The molecule has 0 radical (unpaired) electrons. The second kappa shape index (κ2) is 10.8. The second-order valence-electron chi connectivity index (χ2n) is 6.04. The van der Waals surface area contributed by atoms with E-state index in [0.29, 0.717) is 17.2 Å². The molecule has 0 unspecified atom stereocenters. The van der Waals surface area contributed by atoms with Crippen molar-refractivity contribution in [1.82, 2.24) is 25.4 Å². The molecule has 0 aliphatic carbocycles. The highest BCUT2D eigenvalue weighted by Gasteiger charge is 2.20. The minimum absolute atomic E-state index is 0.0721. The largest absolute Gasteiger partial charge is 0.286 e. The first kappa shape index (κ1) is 20.2. The van der Waals surface area contributed by atoms with Gasteiger partial charge in [0.25, 0.3) is 0 Å². The molecule has 9 heteroatoms. The van der Waals surface area contributed by atoms with Crippen LogP contribution in [0.3, 0.4) is 0 Å². The highest BCUT2D eigenvalue weighted by atomic mass is 16.5. The number of carbonyl (C=O) groups excluding carboxylic acids is 2. The molecule has 0 saturated carbocycles. The van der Waals surface area contributed by atoms with Crippen LogP contribution < -0.4 is 10.9 Å². The predicted molar refractivity (Wildman–Crippen MR) is 99.2 cm³/mol. The van der Waals surface area contributed by atoms with E-state index < -0.39 is 5.92 Å². The first-order chi connectivity index (χ1) is 13.1. The average molecular weight is 372 g/mol. The van der Waals surface area contributed by atoms with Crippen molar-refractivity contribution < 1.29 is 14.8 Å². The topological polar surface area (TPSA) is 120 Å². The summed E-state index contributed by atoms with van der Waals surface area (Å²) in [6.07, 6.45) is 8.59. The average Bonchev–Trinajstić information content (AvgIpc) is 2.72. The molecule has 3 N–H and O–H groups in total. The number of hydrazine groups is 1. The summed E-state index contributed by atoms with van der Waals surface area (Å²) in [4.78, 5) is 35.5. The molecular formula is C18H24N6O3. The molecule has 2 rings (SSSR count). The quantitative estimate of drug-likeness (QED) is 0.239. The van der Waals surface area contributed by atoms with Crippen molar-refractivity contribution in [2.45, 2.75) is 32.6 Å². The summed E-state index contributed by atoms with van der Waals surface area (Å²) in [5, 5.41) is 9.90. The number of aromatic nitrogens is 3. The van der Waals surface area contributed by atoms with Crippen molar-refractivity contribution in [2.24, 2.45) is 5.92 Å². The van der Waals surface area contributed by atoms with Gasteiger partial charge in [-0.25, -0.2) is 15.0 Å². The normalized spacial score (nSPS) is 11.5. The van der Waals surface area contributed by atoms with Crippen molar-refractivity contribution >= 4 is 18.3 Å². The first-order valence-electron chi connectivity index (χ1n) is 8.84. The van der Waals surface area contributed by atoms with Crippen LogP contribution in [0, 0.1) is 5.92 Å². The Balaban J connectivity index is 1.98. The third kappa shape index (κ3) is 6.63. The lowest BCUT2D eigenvalue weighted by Gasteiger charge is -2.19. The number of amides is 2. The van der Waals surface area contributed by atoms with Crippen LogP contribution in [0.15, 0.2) is 36.8 Å². The van der Waals surface area contributed by atoms with E-state index in [-0.39, 0.29) is 24.8 Å². The van der Waals surface area contributed by atoms with Crippen LogP contribution in [0.4, 0.5) is 5.95 Å². The van der Waals surface area contributed by atoms with Crippen molar-refractivity contribution in [3.63, 3.8) is 0 Å². The first-order valence-corrected chi connectivity index (χ1v) is 8.84. The molecule has 0 aromatic carbocycles. The zero-order chi connectivity index (χ0) is 19.5. The Morgan fingerprint density at radius 1 is 1.33 bits per heavy atom. The summed E-state index contributed by atoms with van der Waals surface area (Å²) in [5.41, 5.74) is 6.73. The van der Waals surface area contributed by atoms with E-state index in [1.807, 2.05) is 6.07 Å². The number of hydroxylamine groups is 2. The molecule has 2 aromatic heterocycles. The van der Waals surface area contributed by atoms with Crippen LogP contribution in [-0.4, -0.2) is 44.1 Å². The van der Waals surface area contributed by atoms with Crippen LogP contribution >= 0.6 is 0 Å². The summed E-state index contributed by atoms with van der Waals surface area (Å²) < 4.78 is 0. The number of anilines is 1. The van der Waals surface area contributed by atoms with E-state index in [4.69, 9.17) is 0 Å². The monoisotopic (exact) mass is 372 g/mol. The Hall–Kier alpha value is -3.07. The Kier molecular flexibility index (Phi) is 8.11. The molecule has 0 aliphatic rings. The van der Waals surface area contributed by atoms with E-state index >= 15 is 0 Å². The molecule has 0 saturated heterocycles. The van der Waals surface area contributed by atoms with Crippen LogP contribution in [0.25, 0.3) is 11.3 Å². The van der Waals surface area contributed by atoms with Gasteiger partial charge in [0.05, 0.1) is 18.2 Å². The highest BCUT2D eigenvalue weighted by Crippen LogP contribution is 2.16. The maximum atomic E-state index is 12.4. The minimum Gasteiger partial charge on any atom is -0.286 e. The Morgan fingerprint density at radius 2 is 2.19 bits per heavy atom. The maximum absolute atomic E-state index is 12.4. The van der Waals surface area contributed by atoms with Gasteiger partial charge < -0.3 is 0 Å². The summed E-state index contributed by atoms with van der Waals surface area (Å²) in [6, 6.07) is 5.42.